The Hall–Kier alpha value is -1.95. The first-order chi connectivity index (χ1) is 11.2. The Morgan fingerprint density at radius 2 is 2.17 bits per heavy atom. The van der Waals surface area contributed by atoms with Gasteiger partial charge in [0.1, 0.15) is 0 Å². The van der Waals surface area contributed by atoms with Crippen LogP contribution in [0.3, 0.4) is 0 Å². The normalized spacial score (nSPS) is 20.4. The van der Waals surface area contributed by atoms with E-state index in [9.17, 15) is 4.79 Å². The highest BCUT2D eigenvalue weighted by Gasteiger charge is 2.24. The summed E-state index contributed by atoms with van der Waals surface area (Å²) in [4.78, 5) is 12.1. The molecule has 1 heterocycles. The summed E-state index contributed by atoms with van der Waals surface area (Å²) in [6.45, 7) is 0.734. The Balaban J connectivity index is 1.49. The summed E-state index contributed by atoms with van der Waals surface area (Å²) in [6.07, 6.45) is 9.17. The minimum absolute atomic E-state index is 0.114. The molecule has 23 heavy (non-hydrogen) atoms. The van der Waals surface area contributed by atoms with Gasteiger partial charge in [0, 0.05) is 29.4 Å². The second-order valence-corrected chi connectivity index (χ2v) is 7.00. The van der Waals surface area contributed by atoms with Crippen LogP contribution in [0.2, 0.25) is 0 Å². The maximum atomic E-state index is 12.1. The molecular weight excluding hydrogens is 308 g/mol. The average Bonchev–Trinajstić information content (AvgIpc) is 3.21. The number of anilines is 1. The highest BCUT2D eigenvalue weighted by Crippen LogP contribution is 2.28. The van der Waals surface area contributed by atoms with E-state index in [-0.39, 0.29) is 6.03 Å². The molecule has 0 bridgehead atoms. The molecule has 2 atom stereocenters. The molecule has 0 radical (unpaired) electrons. The van der Waals surface area contributed by atoms with Crippen molar-refractivity contribution in [3.63, 3.8) is 0 Å². The lowest BCUT2D eigenvalue weighted by atomic mass is 10.2. The number of amides is 2. The highest BCUT2D eigenvalue weighted by atomic mass is 32.2. The van der Waals surface area contributed by atoms with E-state index < -0.39 is 0 Å². The minimum Gasteiger partial charge on any atom is -0.335 e. The molecule has 1 aromatic heterocycles. The molecule has 5 nitrogen and oxygen atoms in total. The van der Waals surface area contributed by atoms with Crippen molar-refractivity contribution in [3.8, 4) is 0 Å². The van der Waals surface area contributed by atoms with Crippen molar-refractivity contribution in [1.29, 1.82) is 0 Å². The molecule has 1 saturated carbocycles. The van der Waals surface area contributed by atoms with Gasteiger partial charge in [0.25, 0.3) is 0 Å². The minimum atomic E-state index is -0.114. The Kier molecular flexibility index (Phi) is 5.23. The number of aromatic nitrogens is 2. The molecule has 1 aliphatic rings. The summed E-state index contributed by atoms with van der Waals surface area (Å²) in [5.41, 5.74) is 1.96. The van der Waals surface area contributed by atoms with Crippen LogP contribution in [0.25, 0.3) is 0 Å². The molecule has 6 heteroatoms. The van der Waals surface area contributed by atoms with Gasteiger partial charge in [-0.3, -0.25) is 4.68 Å². The summed E-state index contributed by atoms with van der Waals surface area (Å²) in [5, 5.41) is 10.8. The molecule has 2 N–H and O–H groups in total. The molecule has 0 saturated heterocycles. The Labute approximate surface area is 140 Å². The fraction of sp³-hybridized carbons (Fsp3) is 0.412. The number of carbonyl (C=O) groups is 1. The van der Waals surface area contributed by atoms with Gasteiger partial charge in [0.15, 0.2) is 0 Å². The SMILES string of the molecule is CSC1CCC(NC(=O)Nc2ccc(Cn3cccn3)cc2)C1. The quantitative estimate of drug-likeness (QED) is 0.884. The van der Waals surface area contributed by atoms with Crippen LogP contribution >= 0.6 is 11.8 Å². The zero-order chi connectivity index (χ0) is 16.1. The van der Waals surface area contributed by atoms with E-state index in [0.717, 1.165) is 30.6 Å². The van der Waals surface area contributed by atoms with Gasteiger partial charge in [-0.1, -0.05) is 12.1 Å². The van der Waals surface area contributed by atoms with Crippen LogP contribution in [0.4, 0.5) is 10.5 Å². The van der Waals surface area contributed by atoms with Crippen LogP contribution in [0.1, 0.15) is 24.8 Å². The molecule has 0 spiro atoms. The van der Waals surface area contributed by atoms with Gasteiger partial charge in [-0.25, -0.2) is 4.79 Å². The van der Waals surface area contributed by atoms with E-state index in [4.69, 9.17) is 0 Å². The van der Waals surface area contributed by atoms with Gasteiger partial charge >= 0.3 is 6.03 Å². The number of hydrogen-bond acceptors (Lipinski definition) is 3. The van der Waals surface area contributed by atoms with Gasteiger partial charge < -0.3 is 10.6 Å². The first kappa shape index (κ1) is 15.9. The number of nitrogens with zero attached hydrogens (tertiary/aromatic N) is 2. The van der Waals surface area contributed by atoms with E-state index in [0.29, 0.717) is 11.3 Å². The number of hydrogen-bond donors (Lipinski definition) is 2. The third-order valence-electron chi connectivity index (χ3n) is 4.17. The molecule has 2 aromatic rings. The maximum absolute atomic E-state index is 12.1. The molecular formula is C17H22N4OS. The van der Waals surface area contributed by atoms with Crippen LogP contribution in [0.5, 0.6) is 0 Å². The molecule has 0 aliphatic heterocycles. The number of benzene rings is 1. The number of thioether (sulfide) groups is 1. The predicted molar refractivity (Wildman–Crippen MR) is 94.9 cm³/mol. The second-order valence-electron chi connectivity index (χ2n) is 5.87. The van der Waals surface area contributed by atoms with Crippen molar-refractivity contribution >= 4 is 23.5 Å². The van der Waals surface area contributed by atoms with E-state index in [2.05, 4.69) is 22.0 Å². The highest BCUT2D eigenvalue weighted by molar-refractivity contribution is 7.99. The molecule has 1 aromatic carbocycles. The Morgan fingerprint density at radius 3 is 2.83 bits per heavy atom. The van der Waals surface area contributed by atoms with E-state index in [1.54, 1.807) is 6.20 Å². The predicted octanol–water partition coefficient (Wildman–Crippen LogP) is 3.34. The van der Waals surface area contributed by atoms with Crippen LogP contribution in [0.15, 0.2) is 42.7 Å². The van der Waals surface area contributed by atoms with Crippen LogP contribution in [-0.2, 0) is 6.54 Å². The monoisotopic (exact) mass is 330 g/mol. The second kappa shape index (κ2) is 7.55. The van der Waals surface area contributed by atoms with Gasteiger partial charge in [-0.05, 0) is 49.3 Å². The summed E-state index contributed by atoms with van der Waals surface area (Å²) < 4.78 is 1.87. The standard InChI is InChI=1S/C17H22N4OS/c1-23-16-8-7-15(11-16)20-17(22)19-14-5-3-13(4-6-14)12-21-10-2-9-18-21/h2-6,9-10,15-16H,7-8,11-12H2,1H3,(H2,19,20,22). The molecule has 2 amide bonds. The fourth-order valence-corrected chi connectivity index (χ4v) is 3.71. The third-order valence-corrected chi connectivity index (χ3v) is 5.26. The van der Waals surface area contributed by atoms with E-state index in [1.807, 2.05) is 53.0 Å². The zero-order valence-corrected chi connectivity index (χ0v) is 14.1. The van der Waals surface area contributed by atoms with E-state index >= 15 is 0 Å². The summed E-state index contributed by atoms with van der Waals surface area (Å²) >= 11 is 1.89. The van der Waals surface area contributed by atoms with Gasteiger partial charge in [0.2, 0.25) is 0 Å². The van der Waals surface area contributed by atoms with Crippen molar-refractivity contribution in [2.45, 2.75) is 37.1 Å². The third kappa shape index (κ3) is 4.51. The average molecular weight is 330 g/mol. The number of carbonyl (C=O) groups excluding carboxylic acids is 1. The van der Waals surface area contributed by atoms with Crippen LogP contribution < -0.4 is 10.6 Å². The van der Waals surface area contributed by atoms with Crippen LogP contribution in [0, 0.1) is 0 Å². The van der Waals surface area contributed by atoms with E-state index in [1.165, 1.54) is 6.42 Å². The molecule has 1 fully saturated rings. The summed E-state index contributed by atoms with van der Waals surface area (Å²) in [7, 11) is 0. The van der Waals surface area contributed by atoms with Gasteiger partial charge in [0.05, 0.1) is 6.54 Å². The van der Waals surface area contributed by atoms with Crippen molar-refractivity contribution in [1.82, 2.24) is 15.1 Å². The number of urea groups is 1. The molecule has 2 unspecified atom stereocenters. The first-order valence-electron chi connectivity index (χ1n) is 7.89. The van der Waals surface area contributed by atoms with Crippen molar-refractivity contribution in [2.24, 2.45) is 0 Å². The lowest BCUT2D eigenvalue weighted by Gasteiger charge is -2.14. The first-order valence-corrected chi connectivity index (χ1v) is 9.18. The smallest absolute Gasteiger partial charge is 0.319 e. The number of rotatable bonds is 5. The Bertz CT molecular complexity index is 627. The molecule has 122 valence electrons. The van der Waals surface area contributed by atoms with Gasteiger partial charge in [-0.2, -0.15) is 16.9 Å². The maximum Gasteiger partial charge on any atom is 0.319 e. The van der Waals surface area contributed by atoms with Crippen molar-refractivity contribution in [2.75, 3.05) is 11.6 Å². The fourth-order valence-electron chi connectivity index (χ4n) is 2.91. The topological polar surface area (TPSA) is 59.0 Å². The van der Waals surface area contributed by atoms with Crippen molar-refractivity contribution in [3.05, 3.63) is 48.3 Å². The largest absolute Gasteiger partial charge is 0.335 e. The van der Waals surface area contributed by atoms with Gasteiger partial charge in [-0.15, -0.1) is 0 Å². The molecule has 1 aliphatic carbocycles. The zero-order valence-electron chi connectivity index (χ0n) is 13.2. The van der Waals surface area contributed by atoms with Crippen molar-refractivity contribution < 1.29 is 4.79 Å². The van der Waals surface area contributed by atoms with Crippen LogP contribution in [-0.4, -0.2) is 33.4 Å². The Morgan fingerprint density at radius 1 is 1.35 bits per heavy atom. The molecule has 3 rings (SSSR count). The summed E-state index contributed by atoms with van der Waals surface area (Å²) in [5.74, 6) is 0. The lowest BCUT2D eigenvalue weighted by molar-refractivity contribution is 0.248. The summed E-state index contributed by atoms with van der Waals surface area (Å²) in [6, 6.07) is 9.97. The number of nitrogens with one attached hydrogen (secondary N) is 2. The lowest BCUT2D eigenvalue weighted by Crippen LogP contribution is -2.36.